The average Bonchev–Trinajstić information content (AvgIpc) is 3.08. The van der Waals surface area contributed by atoms with Crippen LogP contribution in [-0.2, 0) is 19.5 Å². The number of oxime groups is 1. The molecule has 0 spiro atoms. The van der Waals surface area contributed by atoms with Gasteiger partial charge in [-0.1, -0.05) is 16.8 Å². The molecule has 0 aliphatic carbocycles. The molecule has 2 rings (SSSR count). The lowest BCUT2D eigenvalue weighted by Crippen LogP contribution is -2.40. The van der Waals surface area contributed by atoms with Crippen LogP contribution in [0.15, 0.2) is 35.9 Å². The third-order valence-electron chi connectivity index (χ3n) is 3.92. The van der Waals surface area contributed by atoms with Gasteiger partial charge in [-0.15, -0.1) is 0 Å². The smallest absolute Gasteiger partial charge is 0.390 e. The van der Waals surface area contributed by atoms with Gasteiger partial charge in [0.2, 0.25) is 0 Å². The van der Waals surface area contributed by atoms with Crippen molar-refractivity contribution in [1.29, 1.82) is 0 Å². The van der Waals surface area contributed by atoms with Crippen molar-refractivity contribution in [1.82, 2.24) is 14.8 Å². The molecular formula is C17H19ClF3N5O4S. The number of anilines is 1. The van der Waals surface area contributed by atoms with Crippen LogP contribution in [-0.4, -0.2) is 66.1 Å². The number of nitrogens with zero attached hydrogens (tertiary/aromatic N) is 5. The maximum atomic E-state index is 13.0. The average molecular weight is 482 g/mol. The highest BCUT2D eigenvalue weighted by Gasteiger charge is 2.33. The minimum atomic E-state index is -4.65. The highest BCUT2D eigenvalue weighted by molar-refractivity contribution is 7.92. The molecule has 0 saturated heterocycles. The van der Waals surface area contributed by atoms with E-state index in [9.17, 15) is 26.4 Å². The first-order valence-electron chi connectivity index (χ1n) is 8.82. The number of alkyl halides is 3. The van der Waals surface area contributed by atoms with Crippen molar-refractivity contribution in [2.75, 3.05) is 30.1 Å². The number of hydrogen-bond donors (Lipinski definition) is 0. The Morgan fingerprint density at radius 2 is 2.10 bits per heavy atom. The Kier molecular flexibility index (Phi) is 8.01. The predicted octanol–water partition coefficient (Wildman–Crippen LogP) is 2.64. The van der Waals surface area contributed by atoms with E-state index in [0.29, 0.717) is 5.69 Å². The molecule has 31 heavy (non-hydrogen) atoms. The lowest BCUT2D eigenvalue weighted by molar-refractivity contribution is -0.129. The van der Waals surface area contributed by atoms with Crippen LogP contribution in [0.5, 0.6) is 0 Å². The van der Waals surface area contributed by atoms with E-state index in [-0.39, 0.29) is 17.4 Å². The number of carbonyl (C=O) groups is 1. The quantitative estimate of drug-likeness (QED) is 0.402. The molecule has 0 saturated carbocycles. The second kappa shape index (κ2) is 10.1. The van der Waals surface area contributed by atoms with E-state index in [1.165, 1.54) is 17.1 Å². The number of amides is 1. The molecule has 0 aliphatic rings. The number of aromatic nitrogens is 3. The van der Waals surface area contributed by atoms with E-state index in [0.717, 1.165) is 12.0 Å². The summed E-state index contributed by atoms with van der Waals surface area (Å²) in [4.78, 5) is 22.6. The fraction of sp³-hybridized carbons (Fsp3) is 0.412. The molecule has 2 heterocycles. The highest BCUT2D eigenvalue weighted by atomic mass is 35.5. The summed E-state index contributed by atoms with van der Waals surface area (Å²) in [6, 6.07) is 3.37. The Morgan fingerprint density at radius 3 is 2.65 bits per heavy atom. The molecule has 0 bridgehead atoms. The predicted molar refractivity (Wildman–Crippen MR) is 108 cm³/mol. The maximum absolute atomic E-state index is 13.0. The summed E-state index contributed by atoms with van der Waals surface area (Å²) < 4.78 is 62.8. The highest BCUT2D eigenvalue weighted by Crippen LogP contribution is 2.26. The molecule has 0 radical (unpaired) electrons. The van der Waals surface area contributed by atoms with Gasteiger partial charge in [-0.2, -0.15) is 18.3 Å². The fourth-order valence-electron chi connectivity index (χ4n) is 2.51. The molecule has 0 atom stereocenters. The van der Waals surface area contributed by atoms with Crippen molar-refractivity contribution in [3.05, 3.63) is 35.9 Å². The van der Waals surface area contributed by atoms with E-state index < -0.39 is 45.6 Å². The van der Waals surface area contributed by atoms with Gasteiger partial charge in [-0.25, -0.2) is 13.1 Å². The molecule has 170 valence electrons. The SMILES string of the molecule is CCN(C(=O)C(CS(=O)(=O)CCC(F)(F)F)=NOC)c1cn(-c2cccnc2)nc1Cl. The Hall–Kier alpha value is -2.67. The zero-order valence-electron chi connectivity index (χ0n) is 16.5. The second-order valence-corrected chi connectivity index (χ2v) is 8.73. The lowest BCUT2D eigenvalue weighted by Gasteiger charge is -2.20. The van der Waals surface area contributed by atoms with Gasteiger partial charge in [0, 0.05) is 12.7 Å². The van der Waals surface area contributed by atoms with Crippen LogP contribution >= 0.6 is 11.6 Å². The molecule has 2 aromatic rings. The Balaban J connectivity index is 2.30. The third kappa shape index (κ3) is 6.92. The van der Waals surface area contributed by atoms with Crippen molar-refractivity contribution in [2.45, 2.75) is 19.5 Å². The largest absolute Gasteiger partial charge is 0.399 e. The standard InChI is InChI=1S/C17H19ClF3N5O4S/c1-3-25(14-10-26(23-15(14)18)12-5-4-7-22-9-12)16(27)13(24-30-2)11-31(28,29)8-6-17(19,20)21/h4-5,7,9-10H,3,6,8,11H2,1-2H3. The zero-order chi connectivity index (χ0) is 23.2. The normalized spacial score (nSPS) is 12.6. The first-order valence-corrected chi connectivity index (χ1v) is 11.0. The first kappa shape index (κ1) is 24.6. The third-order valence-corrected chi connectivity index (χ3v) is 5.72. The molecular weight excluding hydrogens is 463 g/mol. The van der Waals surface area contributed by atoms with E-state index in [4.69, 9.17) is 11.6 Å². The van der Waals surface area contributed by atoms with Crippen molar-refractivity contribution in [3.8, 4) is 5.69 Å². The van der Waals surface area contributed by atoms with Crippen molar-refractivity contribution in [2.24, 2.45) is 5.16 Å². The summed E-state index contributed by atoms with van der Waals surface area (Å²) in [7, 11) is -3.21. The van der Waals surface area contributed by atoms with Crippen LogP contribution in [0.2, 0.25) is 5.15 Å². The van der Waals surface area contributed by atoms with Crippen LogP contribution in [0.1, 0.15) is 13.3 Å². The Bertz CT molecular complexity index is 1040. The van der Waals surface area contributed by atoms with Gasteiger partial charge < -0.3 is 9.74 Å². The fourth-order valence-corrected chi connectivity index (χ4v) is 4.03. The number of rotatable bonds is 9. The van der Waals surface area contributed by atoms with Crippen LogP contribution in [0.25, 0.3) is 5.69 Å². The monoisotopic (exact) mass is 481 g/mol. The van der Waals surface area contributed by atoms with Crippen molar-refractivity contribution >= 4 is 38.7 Å². The molecule has 2 aromatic heterocycles. The Labute approximate surface area is 181 Å². The van der Waals surface area contributed by atoms with E-state index >= 15 is 0 Å². The molecule has 0 unspecified atom stereocenters. The maximum Gasteiger partial charge on any atom is 0.390 e. The topological polar surface area (TPSA) is 107 Å². The number of hydrogen-bond acceptors (Lipinski definition) is 7. The molecule has 9 nitrogen and oxygen atoms in total. The van der Waals surface area contributed by atoms with E-state index in [1.807, 2.05) is 0 Å². The van der Waals surface area contributed by atoms with Gasteiger partial charge in [0.25, 0.3) is 5.91 Å². The molecule has 0 aliphatic heterocycles. The summed E-state index contributed by atoms with van der Waals surface area (Å²) in [5.41, 5.74) is 0.117. The van der Waals surface area contributed by atoms with Crippen molar-refractivity contribution in [3.63, 3.8) is 0 Å². The van der Waals surface area contributed by atoms with Crippen LogP contribution in [0.4, 0.5) is 18.9 Å². The molecule has 0 N–H and O–H groups in total. The van der Waals surface area contributed by atoms with Gasteiger partial charge in [-0.05, 0) is 19.1 Å². The first-order chi connectivity index (χ1) is 14.5. The van der Waals surface area contributed by atoms with Gasteiger partial charge in [0.05, 0.1) is 30.3 Å². The molecule has 0 fully saturated rings. The number of sulfone groups is 1. The zero-order valence-corrected chi connectivity index (χ0v) is 18.1. The number of halogens is 4. The van der Waals surface area contributed by atoms with E-state index in [2.05, 4.69) is 20.1 Å². The minimum Gasteiger partial charge on any atom is -0.399 e. The van der Waals surface area contributed by atoms with Crippen LogP contribution in [0.3, 0.4) is 0 Å². The lowest BCUT2D eigenvalue weighted by atomic mass is 10.3. The van der Waals surface area contributed by atoms with Gasteiger partial charge in [-0.3, -0.25) is 9.78 Å². The number of pyridine rings is 1. The summed E-state index contributed by atoms with van der Waals surface area (Å²) in [5, 5.41) is 7.47. The number of carbonyl (C=O) groups excluding carboxylic acids is 1. The van der Waals surface area contributed by atoms with Gasteiger partial charge >= 0.3 is 6.18 Å². The summed E-state index contributed by atoms with van der Waals surface area (Å²) in [6.07, 6.45) is -1.69. The molecule has 1 amide bonds. The van der Waals surface area contributed by atoms with Crippen molar-refractivity contribution < 1.29 is 31.2 Å². The Morgan fingerprint density at radius 1 is 1.39 bits per heavy atom. The molecule has 0 aromatic carbocycles. The van der Waals surface area contributed by atoms with E-state index in [1.54, 1.807) is 25.3 Å². The summed E-state index contributed by atoms with van der Waals surface area (Å²) in [5.74, 6) is -3.11. The van der Waals surface area contributed by atoms with Gasteiger partial charge in [0.1, 0.15) is 18.6 Å². The minimum absolute atomic E-state index is 0.0443. The van der Waals surface area contributed by atoms with Crippen LogP contribution in [0, 0.1) is 0 Å². The van der Waals surface area contributed by atoms with Crippen LogP contribution < -0.4 is 4.90 Å². The van der Waals surface area contributed by atoms with Gasteiger partial charge in [0.15, 0.2) is 20.7 Å². The summed E-state index contributed by atoms with van der Waals surface area (Å²) in [6.45, 7) is 1.64. The second-order valence-electron chi connectivity index (χ2n) is 6.19. The summed E-state index contributed by atoms with van der Waals surface area (Å²) >= 11 is 6.17. The molecule has 14 heteroatoms.